The largest absolute Gasteiger partial charge is 0.454 e. The molecule has 0 atom stereocenters. The van der Waals surface area contributed by atoms with E-state index in [1.54, 1.807) is 0 Å². The van der Waals surface area contributed by atoms with Crippen LogP contribution in [0, 0.1) is 0 Å². The fraction of sp³-hybridized carbons (Fsp3) is 0.611. The van der Waals surface area contributed by atoms with Gasteiger partial charge in [-0.15, -0.1) is 24.0 Å². The third kappa shape index (κ3) is 5.37. The molecule has 0 amide bonds. The third-order valence-corrected chi connectivity index (χ3v) is 4.72. The van der Waals surface area contributed by atoms with Crippen molar-refractivity contribution in [2.45, 2.75) is 45.3 Å². The molecule has 3 rings (SSSR count). The lowest BCUT2D eigenvalue weighted by atomic mass is 10.0. The lowest BCUT2D eigenvalue weighted by molar-refractivity contribution is 0.167. The molecular weight excluding hydrogens is 431 g/mol. The van der Waals surface area contributed by atoms with Crippen LogP contribution in [-0.4, -0.2) is 49.9 Å². The van der Waals surface area contributed by atoms with E-state index in [9.17, 15) is 0 Å². The van der Waals surface area contributed by atoms with Gasteiger partial charge < -0.3 is 25.0 Å². The number of likely N-dealkylation sites (tertiary alicyclic amines) is 1. The van der Waals surface area contributed by atoms with Crippen molar-refractivity contribution in [3.05, 3.63) is 23.8 Å². The lowest BCUT2D eigenvalue weighted by Gasteiger charge is -2.35. The molecule has 25 heavy (non-hydrogen) atoms. The van der Waals surface area contributed by atoms with Crippen LogP contribution in [0.15, 0.2) is 23.2 Å². The second-order valence-electron chi connectivity index (χ2n) is 6.66. The van der Waals surface area contributed by atoms with Gasteiger partial charge in [0.25, 0.3) is 0 Å². The van der Waals surface area contributed by atoms with Gasteiger partial charge in [0.2, 0.25) is 6.79 Å². The Balaban J connectivity index is 0.00000225. The number of nitrogens with one attached hydrogen (secondary N) is 2. The third-order valence-electron chi connectivity index (χ3n) is 4.72. The van der Waals surface area contributed by atoms with Crippen molar-refractivity contribution in [3.63, 3.8) is 0 Å². The van der Waals surface area contributed by atoms with Crippen LogP contribution < -0.4 is 20.1 Å². The summed E-state index contributed by atoms with van der Waals surface area (Å²) in [7, 11) is 1.82. The Labute approximate surface area is 167 Å². The molecule has 0 aliphatic carbocycles. The van der Waals surface area contributed by atoms with Gasteiger partial charge in [0.1, 0.15) is 0 Å². The van der Waals surface area contributed by atoms with Gasteiger partial charge in [0.05, 0.1) is 0 Å². The van der Waals surface area contributed by atoms with Crippen molar-refractivity contribution in [1.82, 2.24) is 15.5 Å². The Kier molecular flexibility index (Phi) is 7.61. The first-order valence-electron chi connectivity index (χ1n) is 8.75. The molecule has 1 aromatic carbocycles. The van der Waals surface area contributed by atoms with Crippen LogP contribution in [0.2, 0.25) is 0 Å². The molecule has 2 aliphatic rings. The summed E-state index contributed by atoms with van der Waals surface area (Å²) >= 11 is 0. The summed E-state index contributed by atoms with van der Waals surface area (Å²) in [4.78, 5) is 6.88. The second kappa shape index (κ2) is 9.47. The smallest absolute Gasteiger partial charge is 0.231 e. The van der Waals surface area contributed by atoms with Crippen LogP contribution in [0.5, 0.6) is 11.5 Å². The highest BCUT2D eigenvalue weighted by Crippen LogP contribution is 2.32. The van der Waals surface area contributed by atoms with Crippen LogP contribution >= 0.6 is 24.0 Å². The van der Waals surface area contributed by atoms with Gasteiger partial charge in [-0.3, -0.25) is 4.99 Å². The molecule has 2 heterocycles. The molecule has 0 bridgehead atoms. The van der Waals surface area contributed by atoms with E-state index in [1.807, 2.05) is 19.2 Å². The Morgan fingerprint density at radius 2 is 1.96 bits per heavy atom. The first-order chi connectivity index (χ1) is 11.7. The van der Waals surface area contributed by atoms with E-state index in [-0.39, 0.29) is 24.0 Å². The molecule has 7 heteroatoms. The van der Waals surface area contributed by atoms with Gasteiger partial charge >= 0.3 is 0 Å². The number of halogens is 1. The predicted octanol–water partition coefficient (Wildman–Crippen LogP) is 2.57. The van der Waals surface area contributed by atoms with Crippen LogP contribution in [-0.2, 0) is 6.54 Å². The number of fused-ring (bicyclic) bond motifs is 1. The summed E-state index contributed by atoms with van der Waals surface area (Å²) in [6, 6.07) is 7.15. The van der Waals surface area contributed by atoms with Gasteiger partial charge in [-0.25, -0.2) is 0 Å². The topological polar surface area (TPSA) is 58.1 Å². The number of benzene rings is 1. The number of piperidine rings is 1. The van der Waals surface area contributed by atoms with Gasteiger partial charge in [0, 0.05) is 38.8 Å². The Morgan fingerprint density at radius 3 is 2.64 bits per heavy atom. The molecular formula is C18H29IN4O2. The monoisotopic (exact) mass is 460 g/mol. The summed E-state index contributed by atoms with van der Waals surface area (Å²) in [6.07, 6.45) is 2.31. The van der Waals surface area contributed by atoms with Crippen molar-refractivity contribution < 1.29 is 9.47 Å². The van der Waals surface area contributed by atoms with E-state index in [0.29, 0.717) is 25.4 Å². The zero-order chi connectivity index (χ0) is 16.9. The molecule has 1 aromatic rings. The van der Waals surface area contributed by atoms with Crippen LogP contribution in [0.3, 0.4) is 0 Å². The van der Waals surface area contributed by atoms with Crippen LogP contribution in [0.25, 0.3) is 0 Å². The van der Waals surface area contributed by atoms with Crippen LogP contribution in [0.1, 0.15) is 32.3 Å². The van der Waals surface area contributed by atoms with E-state index < -0.39 is 0 Å². The molecule has 0 aromatic heterocycles. The second-order valence-corrected chi connectivity index (χ2v) is 6.66. The van der Waals surface area contributed by atoms with Crippen molar-refractivity contribution in [3.8, 4) is 11.5 Å². The lowest BCUT2D eigenvalue weighted by Crippen LogP contribution is -2.49. The quantitative estimate of drug-likeness (QED) is 0.411. The number of hydrogen-bond donors (Lipinski definition) is 2. The highest BCUT2D eigenvalue weighted by atomic mass is 127. The maximum Gasteiger partial charge on any atom is 0.231 e. The Hall–Kier alpha value is -1.22. The van der Waals surface area contributed by atoms with Crippen molar-refractivity contribution in [1.29, 1.82) is 0 Å². The number of nitrogens with zero attached hydrogens (tertiary/aromatic N) is 2. The molecule has 0 spiro atoms. The fourth-order valence-corrected chi connectivity index (χ4v) is 3.18. The normalized spacial score (nSPS) is 18.2. The number of ether oxygens (including phenoxy) is 2. The minimum Gasteiger partial charge on any atom is -0.454 e. The highest BCUT2D eigenvalue weighted by molar-refractivity contribution is 14.0. The molecule has 2 N–H and O–H groups in total. The molecule has 0 unspecified atom stereocenters. The Morgan fingerprint density at radius 1 is 1.24 bits per heavy atom. The SMILES string of the molecule is CN=C(NCc1ccc2c(c1)OCO2)NC1CCN(C(C)C)CC1.I. The standard InChI is InChI=1S/C18H28N4O2.HI/c1-13(2)22-8-6-15(7-9-22)21-18(19-3)20-11-14-4-5-16-17(10-14)24-12-23-16;/h4-5,10,13,15H,6-9,11-12H2,1-3H3,(H2,19,20,21);1H. The minimum absolute atomic E-state index is 0. The maximum absolute atomic E-state index is 5.42. The molecule has 1 fully saturated rings. The fourth-order valence-electron chi connectivity index (χ4n) is 3.18. The van der Waals surface area contributed by atoms with E-state index in [1.165, 1.54) is 0 Å². The molecule has 0 saturated carbocycles. The number of rotatable bonds is 4. The maximum atomic E-state index is 5.42. The van der Waals surface area contributed by atoms with E-state index >= 15 is 0 Å². The Bertz CT molecular complexity index is 586. The average molecular weight is 460 g/mol. The van der Waals surface area contributed by atoms with Crippen molar-refractivity contribution in [2.24, 2.45) is 4.99 Å². The zero-order valence-corrected chi connectivity index (χ0v) is 17.6. The summed E-state index contributed by atoms with van der Waals surface area (Å²) in [5.41, 5.74) is 1.15. The number of guanidine groups is 1. The van der Waals surface area contributed by atoms with Crippen LogP contribution in [0.4, 0.5) is 0 Å². The highest BCUT2D eigenvalue weighted by Gasteiger charge is 2.21. The molecule has 1 saturated heterocycles. The minimum atomic E-state index is 0. The number of aliphatic imine (C=N–C) groups is 1. The predicted molar refractivity (Wildman–Crippen MR) is 111 cm³/mol. The zero-order valence-electron chi connectivity index (χ0n) is 15.2. The number of hydrogen-bond acceptors (Lipinski definition) is 4. The molecule has 0 radical (unpaired) electrons. The van der Waals surface area contributed by atoms with Gasteiger partial charge in [-0.2, -0.15) is 0 Å². The summed E-state index contributed by atoms with van der Waals surface area (Å²) in [5, 5.41) is 6.93. The van der Waals surface area contributed by atoms with Crippen molar-refractivity contribution >= 4 is 29.9 Å². The van der Waals surface area contributed by atoms with E-state index in [0.717, 1.165) is 49.0 Å². The van der Waals surface area contributed by atoms with Gasteiger partial charge in [0.15, 0.2) is 17.5 Å². The summed E-state index contributed by atoms with van der Waals surface area (Å²) in [6.45, 7) is 7.84. The summed E-state index contributed by atoms with van der Waals surface area (Å²) < 4.78 is 10.8. The average Bonchev–Trinajstić information content (AvgIpc) is 3.06. The van der Waals surface area contributed by atoms with Crippen molar-refractivity contribution in [2.75, 3.05) is 26.9 Å². The molecule has 140 valence electrons. The van der Waals surface area contributed by atoms with E-state index in [4.69, 9.17) is 9.47 Å². The first-order valence-corrected chi connectivity index (χ1v) is 8.75. The summed E-state index contributed by atoms with van der Waals surface area (Å²) in [5.74, 6) is 2.49. The van der Waals surface area contributed by atoms with Gasteiger partial charge in [-0.05, 0) is 44.4 Å². The first kappa shape index (κ1) is 20.1. The van der Waals surface area contributed by atoms with E-state index in [2.05, 4.69) is 40.4 Å². The van der Waals surface area contributed by atoms with Gasteiger partial charge in [-0.1, -0.05) is 6.07 Å². The molecule has 6 nitrogen and oxygen atoms in total. The molecule has 2 aliphatic heterocycles.